The quantitative estimate of drug-likeness (QED) is 0.463. The Balaban J connectivity index is 4.24. The van der Waals surface area contributed by atoms with Crippen molar-refractivity contribution in [2.45, 2.75) is 26.0 Å². The van der Waals surface area contributed by atoms with Crippen LogP contribution >= 0.6 is 0 Å². The Bertz CT molecular complexity index is 193. The smallest absolute Gasteiger partial charge is 0.405 e. The standard InChI is InChI=1S/C7H14N2O4/c1-3-8-6(11)5(4(2)10)9-7(12)13/h4-5,9-10H,3H2,1-2H3,(H,8,11)(H,12,13)/t4-,5+/m1/s1. The third kappa shape index (κ3) is 4.32. The van der Waals surface area contributed by atoms with Crippen molar-refractivity contribution in [2.24, 2.45) is 0 Å². The molecule has 2 amide bonds. The maximum Gasteiger partial charge on any atom is 0.405 e. The predicted molar refractivity (Wildman–Crippen MR) is 45.3 cm³/mol. The SMILES string of the molecule is CCNC(=O)[C@@H](NC(=O)O)[C@@H](C)O. The van der Waals surface area contributed by atoms with Crippen LogP contribution in [0.4, 0.5) is 4.79 Å². The fourth-order valence-electron chi connectivity index (χ4n) is 0.822. The Labute approximate surface area is 75.9 Å². The molecule has 4 N–H and O–H groups in total. The van der Waals surface area contributed by atoms with Gasteiger partial charge in [0.15, 0.2) is 0 Å². The van der Waals surface area contributed by atoms with Gasteiger partial charge in [0.05, 0.1) is 6.10 Å². The molecule has 6 heteroatoms. The number of aliphatic hydroxyl groups excluding tert-OH is 1. The first-order valence-electron chi connectivity index (χ1n) is 3.94. The minimum Gasteiger partial charge on any atom is -0.465 e. The van der Waals surface area contributed by atoms with E-state index in [2.05, 4.69) is 5.32 Å². The van der Waals surface area contributed by atoms with Gasteiger partial charge in [0.25, 0.3) is 0 Å². The summed E-state index contributed by atoms with van der Waals surface area (Å²) in [4.78, 5) is 21.3. The van der Waals surface area contributed by atoms with Crippen LogP contribution in [0.25, 0.3) is 0 Å². The highest BCUT2D eigenvalue weighted by Crippen LogP contribution is 1.92. The molecule has 0 heterocycles. The Morgan fingerprint density at radius 2 is 2.00 bits per heavy atom. The van der Waals surface area contributed by atoms with E-state index in [0.29, 0.717) is 6.54 Å². The molecule has 0 fully saturated rings. The first-order valence-corrected chi connectivity index (χ1v) is 3.94. The zero-order valence-corrected chi connectivity index (χ0v) is 7.57. The molecule has 0 aliphatic rings. The van der Waals surface area contributed by atoms with Crippen molar-refractivity contribution in [3.05, 3.63) is 0 Å². The maximum absolute atomic E-state index is 11.1. The lowest BCUT2D eigenvalue weighted by Crippen LogP contribution is -2.52. The summed E-state index contributed by atoms with van der Waals surface area (Å²) in [5.41, 5.74) is 0. The molecule has 76 valence electrons. The van der Waals surface area contributed by atoms with E-state index < -0.39 is 24.1 Å². The summed E-state index contributed by atoms with van der Waals surface area (Å²) < 4.78 is 0. The number of carboxylic acid groups (broad SMARTS) is 1. The zero-order valence-electron chi connectivity index (χ0n) is 7.57. The fraction of sp³-hybridized carbons (Fsp3) is 0.714. The van der Waals surface area contributed by atoms with Gasteiger partial charge in [-0.2, -0.15) is 0 Å². The predicted octanol–water partition coefficient (Wildman–Crippen LogP) is -0.860. The number of likely N-dealkylation sites (N-methyl/N-ethyl adjacent to an activating group) is 1. The van der Waals surface area contributed by atoms with Crippen LogP contribution < -0.4 is 10.6 Å². The Morgan fingerprint density at radius 3 is 2.31 bits per heavy atom. The number of nitrogens with one attached hydrogen (secondary N) is 2. The molecule has 0 aliphatic heterocycles. The van der Waals surface area contributed by atoms with Crippen LogP contribution in [0.2, 0.25) is 0 Å². The van der Waals surface area contributed by atoms with E-state index in [0.717, 1.165) is 0 Å². The number of carbonyl (C=O) groups excluding carboxylic acids is 1. The molecule has 0 unspecified atom stereocenters. The molecule has 0 spiro atoms. The highest BCUT2D eigenvalue weighted by Gasteiger charge is 2.24. The highest BCUT2D eigenvalue weighted by molar-refractivity contribution is 5.85. The summed E-state index contributed by atoms with van der Waals surface area (Å²) >= 11 is 0. The summed E-state index contributed by atoms with van der Waals surface area (Å²) in [5, 5.41) is 21.7. The van der Waals surface area contributed by atoms with Crippen molar-refractivity contribution in [1.82, 2.24) is 10.6 Å². The molecule has 0 aromatic carbocycles. The van der Waals surface area contributed by atoms with Crippen LogP contribution in [0.15, 0.2) is 0 Å². The molecule has 0 aliphatic carbocycles. The summed E-state index contributed by atoms with van der Waals surface area (Å²) in [6.07, 6.45) is -2.39. The maximum atomic E-state index is 11.1. The van der Waals surface area contributed by atoms with E-state index in [9.17, 15) is 9.59 Å². The summed E-state index contributed by atoms with van der Waals surface area (Å²) in [6, 6.07) is -1.11. The number of aliphatic hydroxyl groups is 1. The largest absolute Gasteiger partial charge is 0.465 e. The van der Waals surface area contributed by atoms with Gasteiger partial charge in [-0.1, -0.05) is 0 Å². The average Bonchev–Trinajstić information content (AvgIpc) is 1.99. The first-order chi connectivity index (χ1) is 5.99. The van der Waals surface area contributed by atoms with Crippen molar-refractivity contribution in [1.29, 1.82) is 0 Å². The molecule has 0 bridgehead atoms. The molecule has 0 saturated carbocycles. The lowest BCUT2D eigenvalue weighted by Gasteiger charge is -2.18. The van der Waals surface area contributed by atoms with Gasteiger partial charge in [0, 0.05) is 6.54 Å². The molecule has 13 heavy (non-hydrogen) atoms. The van der Waals surface area contributed by atoms with Crippen LogP contribution in [0.1, 0.15) is 13.8 Å². The van der Waals surface area contributed by atoms with Gasteiger partial charge in [0.2, 0.25) is 5.91 Å². The molecular weight excluding hydrogens is 176 g/mol. The second kappa shape index (κ2) is 5.36. The van der Waals surface area contributed by atoms with E-state index in [1.807, 2.05) is 5.32 Å². The summed E-state index contributed by atoms with van der Waals surface area (Å²) in [6.45, 7) is 3.44. The number of hydrogen-bond donors (Lipinski definition) is 4. The minimum absolute atomic E-state index is 0.392. The lowest BCUT2D eigenvalue weighted by molar-refractivity contribution is -0.125. The number of carbonyl (C=O) groups is 2. The van der Waals surface area contributed by atoms with Crippen LogP contribution in [-0.2, 0) is 4.79 Å². The Morgan fingerprint density at radius 1 is 1.46 bits per heavy atom. The van der Waals surface area contributed by atoms with Gasteiger partial charge in [0.1, 0.15) is 6.04 Å². The van der Waals surface area contributed by atoms with Gasteiger partial charge >= 0.3 is 6.09 Å². The molecule has 2 atom stereocenters. The molecule has 6 nitrogen and oxygen atoms in total. The minimum atomic E-state index is -1.34. The third-order valence-corrected chi connectivity index (χ3v) is 1.39. The summed E-state index contributed by atoms with van der Waals surface area (Å²) in [7, 11) is 0. The van der Waals surface area contributed by atoms with Crippen LogP contribution in [0.3, 0.4) is 0 Å². The van der Waals surface area contributed by atoms with Crippen molar-refractivity contribution in [3.8, 4) is 0 Å². The van der Waals surface area contributed by atoms with Gasteiger partial charge in [-0.25, -0.2) is 4.79 Å². The number of amides is 2. The van der Waals surface area contributed by atoms with Crippen molar-refractivity contribution in [2.75, 3.05) is 6.54 Å². The first kappa shape index (κ1) is 11.7. The van der Waals surface area contributed by atoms with Gasteiger partial charge in [-0.3, -0.25) is 4.79 Å². The highest BCUT2D eigenvalue weighted by atomic mass is 16.4. The van der Waals surface area contributed by atoms with E-state index >= 15 is 0 Å². The van der Waals surface area contributed by atoms with Gasteiger partial charge in [-0.15, -0.1) is 0 Å². The molecule has 0 rings (SSSR count). The topological polar surface area (TPSA) is 98.7 Å². The Hall–Kier alpha value is -1.30. The third-order valence-electron chi connectivity index (χ3n) is 1.39. The van der Waals surface area contributed by atoms with E-state index in [4.69, 9.17) is 10.2 Å². The molecular formula is C7H14N2O4. The monoisotopic (exact) mass is 190 g/mol. The van der Waals surface area contributed by atoms with E-state index in [1.165, 1.54) is 6.92 Å². The normalized spacial score (nSPS) is 14.4. The van der Waals surface area contributed by atoms with Crippen LogP contribution in [-0.4, -0.2) is 40.9 Å². The van der Waals surface area contributed by atoms with Gasteiger partial charge < -0.3 is 20.8 Å². The molecule has 0 saturated heterocycles. The fourth-order valence-corrected chi connectivity index (χ4v) is 0.822. The number of hydrogen-bond acceptors (Lipinski definition) is 3. The Kier molecular flexibility index (Phi) is 4.83. The van der Waals surface area contributed by atoms with E-state index in [1.54, 1.807) is 6.92 Å². The molecule has 0 radical (unpaired) electrons. The zero-order chi connectivity index (χ0) is 10.4. The van der Waals surface area contributed by atoms with Crippen LogP contribution in [0, 0.1) is 0 Å². The van der Waals surface area contributed by atoms with Crippen molar-refractivity contribution in [3.63, 3.8) is 0 Å². The van der Waals surface area contributed by atoms with Crippen molar-refractivity contribution >= 4 is 12.0 Å². The van der Waals surface area contributed by atoms with Crippen LogP contribution in [0.5, 0.6) is 0 Å². The summed E-state index contributed by atoms with van der Waals surface area (Å²) in [5.74, 6) is -0.528. The number of rotatable bonds is 4. The second-order valence-corrected chi connectivity index (χ2v) is 2.56. The second-order valence-electron chi connectivity index (χ2n) is 2.56. The van der Waals surface area contributed by atoms with E-state index in [-0.39, 0.29) is 0 Å². The lowest BCUT2D eigenvalue weighted by atomic mass is 10.1. The average molecular weight is 190 g/mol. The molecule has 0 aromatic heterocycles. The molecule has 0 aromatic rings. The van der Waals surface area contributed by atoms with Crippen molar-refractivity contribution < 1.29 is 19.8 Å². The van der Waals surface area contributed by atoms with Gasteiger partial charge in [-0.05, 0) is 13.8 Å².